The highest BCUT2D eigenvalue weighted by Gasteiger charge is 2.31. The van der Waals surface area contributed by atoms with E-state index in [-0.39, 0.29) is 17.9 Å². The molecule has 0 saturated heterocycles. The van der Waals surface area contributed by atoms with Crippen LogP contribution in [0.25, 0.3) is 38.8 Å². The number of rotatable bonds is 4. The third-order valence-electron chi connectivity index (χ3n) is 9.27. The molecule has 0 radical (unpaired) electrons. The quantitative estimate of drug-likeness (QED) is 0.229. The van der Waals surface area contributed by atoms with Gasteiger partial charge in [-0.2, -0.15) is 5.26 Å². The number of hydrogen-bond donors (Lipinski definition) is 0. The summed E-state index contributed by atoms with van der Waals surface area (Å²) < 4.78 is 4.71. The predicted octanol–water partition coefficient (Wildman–Crippen LogP) is 8.07. The van der Waals surface area contributed by atoms with Crippen molar-refractivity contribution in [1.82, 2.24) is 9.13 Å². The molecule has 3 unspecified atom stereocenters. The van der Waals surface area contributed by atoms with E-state index in [1.54, 1.807) is 0 Å². The zero-order valence-corrected chi connectivity index (χ0v) is 23.3. The molecule has 5 aromatic rings. The highest BCUT2D eigenvalue weighted by Crippen LogP contribution is 2.40. The van der Waals surface area contributed by atoms with E-state index in [4.69, 9.17) is 4.99 Å². The Labute approximate surface area is 244 Å². The summed E-state index contributed by atoms with van der Waals surface area (Å²) in [5, 5.41) is 13.9. The van der Waals surface area contributed by atoms with E-state index in [0.29, 0.717) is 24.0 Å². The monoisotopic (exact) mass is 546 g/mol. The van der Waals surface area contributed by atoms with E-state index >= 15 is 0 Å². The first kappa shape index (κ1) is 24.8. The highest BCUT2D eigenvalue weighted by atomic mass is 16.1. The number of nitrogens with zero attached hydrogens (tertiary/aromatic N) is 4. The lowest BCUT2D eigenvalue weighted by molar-refractivity contribution is -0.116. The summed E-state index contributed by atoms with van der Waals surface area (Å²) in [7, 11) is 0. The third kappa shape index (κ3) is 3.75. The van der Waals surface area contributed by atoms with Gasteiger partial charge in [-0.25, -0.2) is 0 Å². The number of hydrogen-bond acceptors (Lipinski definition) is 3. The van der Waals surface area contributed by atoms with Crippen molar-refractivity contribution in [3.05, 3.63) is 113 Å². The highest BCUT2D eigenvalue weighted by molar-refractivity contribution is 6.09. The molecule has 0 N–H and O–H groups in total. The van der Waals surface area contributed by atoms with Crippen LogP contribution in [0, 0.1) is 11.3 Å². The van der Waals surface area contributed by atoms with Gasteiger partial charge in [-0.1, -0.05) is 72.8 Å². The number of carbonyl (C=O) groups excluding carboxylic acids is 1. The first-order chi connectivity index (χ1) is 20.7. The van der Waals surface area contributed by atoms with Crippen molar-refractivity contribution < 1.29 is 4.79 Å². The zero-order valence-electron chi connectivity index (χ0n) is 23.3. The molecule has 1 aliphatic heterocycles. The van der Waals surface area contributed by atoms with E-state index in [1.165, 1.54) is 38.4 Å². The van der Waals surface area contributed by atoms with Crippen LogP contribution in [0.2, 0.25) is 0 Å². The van der Waals surface area contributed by atoms with Gasteiger partial charge in [-0.15, -0.1) is 0 Å². The van der Waals surface area contributed by atoms with E-state index in [0.717, 1.165) is 24.8 Å². The van der Waals surface area contributed by atoms with Crippen molar-refractivity contribution >= 4 is 50.8 Å². The fraction of sp³-hybridized carbons (Fsp3) is 0.216. The van der Waals surface area contributed by atoms with Crippen LogP contribution in [0.4, 0.5) is 0 Å². The number of aromatic nitrogens is 2. The summed E-state index contributed by atoms with van der Waals surface area (Å²) in [4.78, 5) is 18.5. The van der Waals surface area contributed by atoms with E-state index in [9.17, 15) is 10.1 Å². The second-order valence-corrected chi connectivity index (χ2v) is 11.5. The Balaban J connectivity index is 1.08. The van der Waals surface area contributed by atoms with Crippen molar-refractivity contribution in [2.75, 3.05) is 0 Å². The molecule has 204 valence electrons. The standard InChI is InChI=1S/C37H30N4O/c38-22-25-21-24(17-20-32(25)41-35-15-7-3-11-29(35)30-12-4-8-16-36(30)41)37(42)31-19-18-26(23-39-31)40-33-13-5-1-9-27(33)28-10-2-6-14-34(28)40/h1-7,9-15,17,21,23,26,31-32H,8,16,18-20H2. The van der Waals surface area contributed by atoms with Gasteiger partial charge in [0.15, 0.2) is 5.78 Å². The average Bonchev–Trinajstić information content (AvgIpc) is 3.57. The Morgan fingerprint density at radius 2 is 1.52 bits per heavy atom. The Morgan fingerprint density at radius 1 is 0.857 bits per heavy atom. The molecule has 0 saturated carbocycles. The molecule has 5 heteroatoms. The number of nitriles is 1. The summed E-state index contributed by atoms with van der Waals surface area (Å²) >= 11 is 0. The SMILES string of the molecule is N#CC1=CC(C(=O)C2CCC(n3c4ccccc4c4ccccc43)C=N2)=CCC1n1c2c(c3ccccc31)C=CCC2. The van der Waals surface area contributed by atoms with E-state index in [1.807, 2.05) is 18.4 Å². The molecule has 3 atom stereocenters. The molecular weight excluding hydrogens is 516 g/mol. The lowest BCUT2D eigenvalue weighted by Gasteiger charge is -2.27. The molecule has 0 fully saturated rings. The number of ketones is 1. The van der Waals surface area contributed by atoms with Crippen LogP contribution in [0.15, 0.2) is 107 Å². The van der Waals surface area contributed by atoms with Gasteiger partial charge in [0.25, 0.3) is 0 Å². The van der Waals surface area contributed by atoms with Crippen molar-refractivity contribution in [3.8, 4) is 6.07 Å². The van der Waals surface area contributed by atoms with Crippen LogP contribution >= 0.6 is 0 Å². The first-order valence-electron chi connectivity index (χ1n) is 14.9. The van der Waals surface area contributed by atoms with Crippen molar-refractivity contribution in [1.29, 1.82) is 5.26 Å². The Hall–Kier alpha value is -4.95. The molecule has 3 aromatic carbocycles. The van der Waals surface area contributed by atoms with Crippen LogP contribution < -0.4 is 0 Å². The summed E-state index contributed by atoms with van der Waals surface area (Å²) in [6.45, 7) is 0. The minimum Gasteiger partial charge on any atom is -0.335 e. The summed E-state index contributed by atoms with van der Waals surface area (Å²) in [6.07, 6.45) is 14.4. The molecule has 2 aliphatic carbocycles. The van der Waals surface area contributed by atoms with Crippen LogP contribution in [-0.4, -0.2) is 27.2 Å². The second kappa shape index (κ2) is 9.85. The molecular formula is C37H30N4O. The fourth-order valence-electron chi connectivity index (χ4n) is 7.35. The van der Waals surface area contributed by atoms with Gasteiger partial charge in [0, 0.05) is 55.8 Å². The molecule has 3 aliphatic rings. The summed E-state index contributed by atoms with van der Waals surface area (Å²) in [5.74, 6) is 0.0143. The Morgan fingerprint density at radius 3 is 2.19 bits per heavy atom. The topological polar surface area (TPSA) is 63.1 Å². The first-order valence-corrected chi connectivity index (χ1v) is 14.9. The number of para-hydroxylation sites is 3. The number of allylic oxidation sites excluding steroid dienone is 4. The smallest absolute Gasteiger partial charge is 0.186 e. The number of aliphatic imine (C=N–C) groups is 1. The maximum Gasteiger partial charge on any atom is 0.186 e. The van der Waals surface area contributed by atoms with E-state index in [2.05, 4.69) is 100 Å². The molecule has 0 bridgehead atoms. The van der Waals surface area contributed by atoms with Crippen LogP contribution in [0.1, 0.15) is 49.0 Å². The molecule has 0 amide bonds. The molecule has 2 aromatic heterocycles. The maximum atomic E-state index is 13.7. The van der Waals surface area contributed by atoms with E-state index < -0.39 is 6.04 Å². The molecule has 42 heavy (non-hydrogen) atoms. The minimum atomic E-state index is -0.418. The number of benzene rings is 3. The van der Waals surface area contributed by atoms with Gasteiger partial charge in [0.05, 0.1) is 23.7 Å². The van der Waals surface area contributed by atoms with Gasteiger partial charge in [0.2, 0.25) is 0 Å². The number of carbonyl (C=O) groups is 1. The fourth-order valence-corrected chi connectivity index (χ4v) is 7.35. The number of fused-ring (bicyclic) bond motifs is 6. The summed E-state index contributed by atoms with van der Waals surface area (Å²) in [6, 6.07) is 27.5. The van der Waals surface area contributed by atoms with Gasteiger partial charge >= 0.3 is 0 Å². The van der Waals surface area contributed by atoms with Gasteiger partial charge in [0.1, 0.15) is 6.04 Å². The van der Waals surface area contributed by atoms with Crippen LogP contribution in [0.5, 0.6) is 0 Å². The minimum absolute atomic E-state index is 0.0143. The van der Waals surface area contributed by atoms with Crippen molar-refractivity contribution in [3.63, 3.8) is 0 Å². The average molecular weight is 547 g/mol. The van der Waals surface area contributed by atoms with Gasteiger partial charge < -0.3 is 9.13 Å². The second-order valence-electron chi connectivity index (χ2n) is 11.5. The lowest BCUT2D eigenvalue weighted by Crippen LogP contribution is -2.28. The zero-order chi connectivity index (χ0) is 28.2. The molecule has 5 nitrogen and oxygen atoms in total. The van der Waals surface area contributed by atoms with Crippen molar-refractivity contribution in [2.45, 2.75) is 50.2 Å². The molecule has 0 spiro atoms. The molecule has 8 rings (SSSR count). The normalized spacial score (nSPS) is 21.7. The molecule has 3 heterocycles. The van der Waals surface area contributed by atoms with Gasteiger partial charge in [-0.05, 0) is 56.4 Å². The Bertz CT molecular complexity index is 2020. The van der Waals surface area contributed by atoms with Crippen LogP contribution in [0.3, 0.4) is 0 Å². The summed E-state index contributed by atoms with van der Waals surface area (Å²) in [5.41, 5.74) is 7.33. The van der Waals surface area contributed by atoms with Gasteiger partial charge in [-0.3, -0.25) is 9.79 Å². The maximum absolute atomic E-state index is 13.7. The predicted molar refractivity (Wildman–Crippen MR) is 170 cm³/mol. The number of Topliss-reactive ketones (excluding diaryl/α,β-unsaturated/α-hetero) is 1. The lowest BCUT2D eigenvalue weighted by atomic mass is 9.88. The Kier molecular flexibility index (Phi) is 5.82. The largest absolute Gasteiger partial charge is 0.335 e. The van der Waals surface area contributed by atoms with Crippen LogP contribution in [-0.2, 0) is 11.2 Å². The van der Waals surface area contributed by atoms with Crippen molar-refractivity contribution in [2.24, 2.45) is 4.99 Å². The third-order valence-corrected chi connectivity index (χ3v) is 9.27.